The third-order valence-electron chi connectivity index (χ3n) is 3.50. The molecule has 0 aromatic heterocycles. The van der Waals surface area contributed by atoms with Gasteiger partial charge in [-0.25, -0.2) is 8.78 Å². The van der Waals surface area contributed by atoms with Gasteiger partial charge in [0.25, 0.3) is 5.91 Å². The Bertz CT molecular complexity index is 311. The summed E-state index contributed by atoms with van der Waals surface area (Å²) in [6.07, 6.45) is -1.62. The third-order valence-corrected chi connectivity index (χ3v) is 3.50. The molecule has 1 amide bonds. The molecule has 3 nitrogen and oxygen atoms in total. The van der Waals surface area contributed by atoms with Gasteiger partial charge in [-0.1, -0.05) is 0 Å². The van der Waals surface area contributed by atoms with Crippen LogP contribution in [0.5, 0.6) is 0 Å². The molecule has 1 N–H and O–H groups in total. The molecule has 2 unspecified atom stereocenters. The van der Waals surface area contributed by atoms with Crippen LogP contribution in [0.4, 0.5) is 17.6 Å². The van der Waals surface area contributed by atoms with Crippen LogP contribution in [0.3, 0.4) is 0 Å². The van der Waals surface area contributed by atoms with Gasteiger partial charge in [0, 0.05) is 18.6 Å². The third kappa shape index (κ3) is 2.25. The van der Waals surface area contributed by atoms with E-state index in [2.05, 4.69) is 10.2 Å². The lowest BCUT2D eigenvalue weighted by molar-refractivity contribution is -0.170. The van der Waals surface area contributed by atoms with Crippen LogP contribution in [-0.4, -0.2) is 48.3 Å². The number of alkyl halides is 4. The van der Waals surface area contributed by atoms with Gasteiger partial charge in [-0.3, -0.25) is 9.69 Å². The molecular formula is C10H14F4N2O. The average molecular weight is 254 g/mol. The van der Waals surface area contributed by atoms with E-state index in [1.807, 2.05) is 0 Å². The number of halogens is 4. The Morgan fingerprint density at radius 3 is 2.65 bits per heavy atom. The SMILES string of the molecule is O=C(NC1CCN2CCCC12)C(F)(F)C(F)F. The number of rotatable bonds is 3. The largest absolute Gasteiger partial charge is 0.383 e. The number of nitrogens with zero attached hydrogens (tertiary/aromatic N) is 1. The summed E-state index contributed by atoms with van der Waals surface area (Å²) in [6.45, 7) is 1.62. The molecule has 2 rings (SSSR count). The molecule has 0 aliphatic carbocycles. The van der Waals surface area contributed by atoms with E-state index < -0.39 is 24.3 Å². The second-order valence-corrected chi connectivity index (χ2v) is 4.54. The zero-order valence-corrected chi connectivity index (χ0v) is 9.13. The van der Waals surface area contributed by atoms with Crippen LogP contribution in [0.25, 0.3) is 0 Å². The Kier molecular flexibility index (Phi) is 3.29. The summed E-state index contributed by atoms with van der Waals surface area (Å²) in [5.74, 6) is -6.45. The molecule has 0 aromatic rings. The molecule has 98 valence electrons. The van der Waals surface area contributed by atoms with Gasteiger partial charge < -0.3 is 5.32 Å². The summed E-state index contributed by atoms with van der Waals surface area (Å²) in [6, 6.07) is -0.387. The van der Waals surface area contributed by atoms with Crippen LogP contribution in [0.15, 0.2) is 0 Å². The van der Waals surface area contributed by atoms with E-state index in [1.165, 1.54) is 0 Å². The van der Waals surface area contributed by atoms with Crippen molar-refractivity contribution in [2.24, 2.45) is 0 Å². The Morgan fingerprint density at radius 2 is 2.00 bits per heavy atom. The fraction of sp³-hybridized carbons (Fsp3) is 0.900. The van der Waals surface area contributed by atoms with E-state index in [9.17, 15) is 22.4 Å². The lowest BCUT2D eigenvalue weighted by atomic mass is 10.1. The van der Waals surface area contributed by atoms with Crippen molar-refractivity contribution in [3.05, 3.63) is 0 Å². The van der Waals surface area contributed by atoms with Crippen molar-refractivity contribution in [2.75, 3.05) is 13.1 Å². The van der Waals surface area contributed by atoms with Crippen molar-refractivity contribution < 1.29 is 22.4 Å². The van der Waals surface area contributed by atoms with Gasteiger partial charge in [0.05, 0.1) is 0 Å². The van der Waals surface area contributed by atoms with Crippen molar-refractivity contribution in [3.63, 3.8) is 0 Å². The minimum atomic E-state index is -4.59. The van der Waals surface area contributed by atoms with Crippen molar-refractivity contribution in [1.82, 2.24) is 10.2 Å². The number of carbonyl (C=O) groups is 1. The minimum absolute atomic E-state index is 0.0347. The van der Waals surface area contributed by atoms with E-state index in [0.717, 1.165) is 25.9 Å². The van der Waals surface area contributed by atoms with E-state index >= 15 is 0 Å². The zero-order chi connectivity index (χ0) is 12.6. The van der Waals surface area contributed by atoms with Crippen LogP contribution in [0.2, 0.25) is 0 Å². The van der Waals surface area contributed by atoms with E-state index in [4.69, 9.17) is 0 Å². The molecule has 17 heavy (non-hydrogen) atoms. The first-order valence-corrected chi connectivity index (χ1v) is 5.64. The number of amides is 1. The molecule has 2 saturated heterocycles. The number of carbonyl (C=O) groups excluding carboxylic acids is 1. The van der Waals surface area contributed by atoms with Crippen molar-refractivity contribution in [1.29, 1.82) is 0 Å². The van der Waals surface area contributed by atoms with Crippen LogP contribution in [-0.2, 0) is 4.79 Å². The molecule has 2 aliphatic rings. The van der Waals surface area contributed by atoms with Gasteiger partial charge in [-0.15, -0.1) is 0 Å². The fourth-order valence-corrected chi connectivity index (χ4v) is 2.61. The number of hydrogen-bond donors (Lipinski definition) is 1. The maximum absolute atomic E-state index is 12.8. The summed E-state index contributed by atoms with van der Waals surface area (Å²) < 4.78 is 49.5. The highest BCUT2D eigenvalue weighted by atomic mass is 19.3. The Morgan fingerprint density at radius 1 is 1.29 bits per heavy atom. The van der Waals surface area contributed by atoms with Crippen molar-refractivity contribution in [2.45, 2.75) is 43.7 Å². The number of hydrogen-bond acceptors (Lipinski definition) is 2. The minimum Gasteiger partial charge on any atom is -0.346 e. The van der Waals surface area contributed by atoms with Gasteiger partial charge in [0.15, 0.2) is 0 Å². The predicted molar refractivity (Wildman–Crippen MR) is 52.1 cm³/mol. The summed E-state index contributed by atoms with van der Waals surface area (Å²) >= 11 is 0. The molecule has 2 heterocycles. The lowest BCUT2D eigenvalue weighted by Gasteiger charge is -2.23. The summed E-state index contributed by atoms with van der Waals surface area (Å²) in [5, 5.41) is 2.06. The Balaban J connectivity index is 1.95. The Hall–Kier alpha value is -0.850. The van der Waals surface area contributed by atoms with Crippen LogP contribution in [0, 0.1) is 0 Å². The summed E-state index contributed by atoms with van der Waals surface area (Å²) in [4.78, 5) is 13.2. The highest BCUT2D eigenvalue weighted by molar-refractivity contribution is 5.84. The number of fused-ring (bicyclic) bond motifs is 1. The fourth-order valence-electron chi connectivity index (χ4n) is 2.61. The highest BCUT2D eigenvalue weighted by Crippen LogP contribution is 2.29. The first kappa shape index (κ1) is 12.6. The molecule has 0 radical (unpaired) electrons. The number of nitrogens with one attached hydrogen (secondary N) is 1. The molecule has 2 fully saturated rings. The highest BCUT2D eigenvalue weighted by Gasteiger charge is 2.50. The second kappa shape index (κ2) is 4.44. The molecule has 0 spiro atoms. The summed E-state index contributed by atoms with van der Waals surface area (Å²) in [7, 11) is 0. The van der Waals surface area contributed by atoms with Gasteiger partial charge in [0.2, 0.25) is 0 Å². The first-order valence-electron chi connectivity index (χ1n) is 5.64. The predicted octanol–water partition coefficient (Wildman–Crippen LogP) is 1.24. The smallest absolute Gasteiger partial charge is 0.346 e. The van der Waals surface area contributed by atoms with Gasteiger partial charge >= 0.3 is 12.3 Å². The van der Waals surface area contributed by atoms with Crippen molar-refractivity contribution in [3.8, 4) is 0 Å². The van der Waals surface area contributed by atoms with Crippen LogP contribution < -0.4 is 5.32 Å². The topological polar surface area (TPSA) is 32.3 Å². The quantitative estimate of drug-likeness (QED) is 0.768. The van der Waals surface area contributed by atoms with E-state index in [1.54, 1.807) is 0 Å². The first-order chi connectivity index (χ1) is 7.93. The van der Waals surface area contributed by atoms with Crippen molar-refractivity contribution >= 4 is 5.91 Å². The zero-order valence-electron chi connectivity index (χ0n) is 9.13. The maximum atomic E-state index is 12.8. The van der Waals surface area contributed by atoms with E-state index in [0.29, 0.717) is 6.42 Å². The molecule has 7 heteroatoms. The van der Waals surface area contributed by atoms with E-state index in [-0.39, 0.29) is 6.04 Å². The molecule has 2 atom stereocenters. The molecule has 0 aromatic carbocycles. The van der Waals surface area contributed by atoms with Gasteiger partial charge in [0.1, 0.15) is 0 Å². The molecule has 0 bridgehead atoms. The Labute approximate surface area is 96.1 Å². The molecule has 0 saturated carbocycles. The second-order valence-electron chi connectivity index (χ2n) is 4.54. The normalized spacial score (nSPS) is 29.7. The standard InChI is InChI=1S/C10H14F4N2O/c11-8(12)10(13,14)9(17)15-6-3-5-16-4-1-2-7(6)16/h6-8H,1-5H2,(H,15,17). The van der Waals surface area contributed by atoms with Crippen LogP contribution >= 0.6 is 0 Å². The average Bonchev–Trinajstić information content (AvgIpc) is 2.82. The monoisotopic (exact) mass is 254 g/mol. The van der Waals surface area contributed by atoms with Gasteiger partial charge in [-0.2, -0.15) is 8.78 Å². The lowest BCUT2D eigenvalue weighted by Crippen LogP contribution is -2.51. The molecule has 2 aliphatic heterocycles. The summed E-state index contributed by atoms with van der Waals surface area (Å²) in [5.41, 5.74) is 0. The molecular weight excluding hydrogens is 240 g/mol. The van der Waals surface area contributed by atoms with Gasteiger partial charge in [-0.05, 0) is 25.8 Å². The van der Waals surface area contributed by atoms with Crippen LogP contribution in [0.1, 0.15) is 19.3 Å². The maximum Gasteiger partial charge on any atom is 0.383 e.